The van der Waals surface area contributed by atoms with E-state index in [1.165, 1.54) is 36.9 Å². The average molecular weight is 527 g/mol. The van der Waals surface area contributed by atoms with Crippen molar-refractivity contribution in [3.05, 3.63) is 56.9 Å². The highest BCUT2D eigenvalue weighted by atomic mass is 31.2. The van der Waals surface area contributed by atoms with Gasteiger partial charge in [-0.3, -0.25) is 23.7 Å². The van der Waals surface area contributed by atoms with Crippen LogP contribution in [0.1, 0.15) is 32.6 Å². The molecule has 14 heteroatoms. The van der Waals surface area contributed by atoms with Crippen LogP contribution in [0.4, 0.5) is 0 Å². The van der Waals surface area contributed by atoms with Crippen LogP contribution in [-0.2, 0) is 28.1 Å². The molecule has 2 unspecified atom stereocenters. The van der Waals surface area contributed by atoms with Gasteiger partial charge in [-0.25, -0.2) is 9.36 Å². The Bertz CT molecular complexity index is 1210. The Morgan fingerprint density at radius 2 is 1.89 bits per heavy atom. The van der Waals surface area contributed by atoms with E-state index in [2.05, 4.69) is 10.1 Å². The Morgan fingerprint density at radius 1 is 1.22 bits per heavy atom. The smallest absolute Gasteiger partial charge is 0.459 e. The summed E-state index contributed by atoms with van der Waals surface area (Å²) in [5, 5.41) is 2.56. The molecule has 0 saturated carbocycles. The molecule has 1 aliphatic heterocycles. The molecule has 1 fully saturated rings. The van der Waals surface area contributed by atoms with Crippen LogP contribution < -0.4 is 25.6 Å². The van der Waals surface area contributed by atoms with Crippen LogP contribution in [0.15, 0.2) is 40.1 Å². The molecule has 0 spiro atoms. The number of hydrogen-bond donors (Lipinski definition) is 2. The Hall–Kier alpha value is -2.96. The Kier molecular flexibility index (Phi) is 9.09. The monoisotopic (exact) mass is 527 g/mol. The molecule has 1 saturated heterocycles. The predicted molar refractivity (Wildman–Crippen MR) is 127 cm³/mol. The fourth-order valence-corrected chi connectivity index (χ4v) is 4.60. The van der Waals surface area contributed by atoms with Gasteiger partial charge in [-0.1, -0.05) is 0 Å². The van der Waals surface area contributed by atoms with Crippen molar-refractivity contribution in [2.24, 2.45) is 0 Å². The lowest BCUT2D eigenvalue weighted by Crippen LogP contribution is -2.37. The minimum absolute atomic E-state index is 0.0202. The third-order valence-corrected chi connectivity index (χ3v) is 6.56. The molecule has 2 heterocycles. The first kappa shape index (κ1) is 27.6. The number of esters is 1. The molecule has 1 aromatic heterocycles. The maximum absolute atomic E-state index is 13.6. The minimum Gasteiger partial charge on any atom is -0.497 e. The number of aromatic amines is 1. The number of aryl methyl sites for hydroxylation is 1. The number of rotatable bonds is 11. The average Bonchev–Trinajstić information content (AvgIpc) is 3.29. The molecular formula is C22H30N3O10P. The first-order valence-electron chi connectivity index (χ1n) is 11.2. The lowest BCUT2D eigenvalue weighted by atomic mass is 10.3. The molecule has 0 radical (unpaired) electrons. The van der Waals surface area contributed by atoms with Crippen LogP contribution in [0.5, 0.6) is 11.5 Å². The van der Waals surface area contributed by atoms with Gasteiger partial charge >= 0.3 is 19.4 Å². The van der Waals surface area contributed by atoms with E-state index >= 15 is 0 Å². The van der Waals surface area contributed by atoms with E-state index in [-0.39, 0.29) is 25.1 Å². The maximum atomic E-state index is 13.6. The van der Waals surface area contributed by atoms with Gasteiger partial charge < -0.3 is 23.5 Å². The van der Waals surface area contributed by atoms with Crippen LogP contribution in [-0.4, -0.2) is 54.3 Å². The van der Waals surface area contributed by atoms with Gasteiger partial charge in [-0.05, 0) is 52.0 Å². The highest BCUT2D eigenvalue weighted by Gasteiger charge is 2.36. The molecule has 4 atom stereocenters. The van der Waals surface area contributed by atoms with Crippen LogP contribution in [0.2, 0.25) is 0 Å². The second-order valence-corrected chi connectivity index (χ2v) is 9.92. The normalized spacial score (nSPS) is 20.1. The number of H-pyrrole nitrogens is 1. The van der Waals surface area contributed by atoms with Gasteiger partial charge in [0.25, 0.3) is 5.56 Å². The second-order valence-electron chi connectivity index (χ2n) is 8.23. The molecular weight excluding hydrogens is 497 g/mol. The highest BCUT2D eigenvalue weighted by Crippen LogP contribution is 2.45. The van der Waals surface area contributed by atoms with Crippen LogP contribution >= 0.6 is 7.75 Å². The van der Waals surface area contributed by atoms with Gasteiger partial charge in [0.2, 0.25) is 0 Å². The van der Waals surface area contributed by atoms with E-state index in [4.69, 9.17) is 28.0 Å². The van der Waals surface area contributed by atoms with Gasteiger partial charge in [0.1, 0.15) is 24.1 Å². The van der Waals surface area contributed by atoms with Crippen molar-refractivity contribution in [2.75, 3.05) is 20.3 Å². The Labute approximate surface area is 207 Å². The molecule has 198 valence electrons. The third kappa shape index (κ3) is 7.28. The summed E-state index contributed by atoms with van der Waals surface area (Å²) in [7, 11) is -2.65. The minimum atomic E-state index is -4.15. The zero-order chi connectivity index (χ0) is 26.5. The fourth-order valence-electron chi connectivity index (χ4n) is 3.13. The number of carbonyl (C=O) groups excluding carboxylic acids is 1. The molecule has 2 N–H and O–H groups in total. The summed E-state index contributed by atoms with van der Waals surface area (Å²) < 4.78 is 47.4. The molecule has 13 nitrogen and oxygen atoms in total. The topological polar surface area (TPSA) is 156 Å². The third-order valence-electron chi connectivity index (χ3n) is 4.91. The first-order chi connectivity index (χ1) is 17.0. The van der Waals surface area contributed by atoms with Gasteiger partial charge in [0, 0.05) is 11.8 Å². The quantitative estimate of drug-likeness (QED) is 0.325. The molecule has 0 bridgehead atoms. The van der Waals surface area contributed by atoms with E-state index < -0.39 is 43.5 Å². The van der Waals surface area contributed by atoms with Gasteiger partial charge in [0.15, 0.2) is 12.5 Å². The maximum Gasteiger partial charge on any atom is 0.459 e. The first-order valence-corrected chi connectivity index (χ1v) is 12.7. The van der Waals surface area contributed by atoms with E-state index in [0.717, 1.165) is 0 Å². The van der Waals surface area contributed by atoms with Crippen molar-refractivity contribution in [2.45, 2.75) is 52.4 Å². The van der Waals surface area contributed by atoms with Crippen molar-refractivity contribution in [3.63, 3.8) is 0 Å². The number of ether oxygens (including phenoxy) is 4. The van der Waals surface area contributed by atoms with Gasteiger partial charge in [-0.15, -0.1) is 0 Å². The zero-order valence-corrected chi connectivity index (χ0v) is 21.5. The molecule has 0 aliphatic carbocycles. The molecule has 3 rings (SSSR count). The summed E-state index contributed by atoms with van der Waals surface area (Å²) in [4.78, 5) is 38.2. The molecule has 36 heavy (non-hydrogen) atoms. The summed E-state index contributed by atoms with van der Waals surface area (Å²) in [5.74, 6) is 0.109. The van der Waals surface area contributed by atoms with E-state index in [1.54, 1.807) is 32.9 Å². The van der Waals surface area contributed by atoms with Crippen molar-refractivity contribution in [1.29, 1.82) is 0 Å². The van der Waals surface area contributed by atoms with E-state index in [9.17, 15) is 18.9 Å². The second kappa shape index (κ2) is 11.8. The number of benzene rings is 1. The number of carbonyl (C=O) groups is 1. The number of hydrogen-bond acceptors (Lipinski definition) is 10. The van der Waals surface area contributed by atoms with Gasteiger partial charge in [0.05, 0.1) is 19.8 Å². The standard InChI is InChI=1S/C22H30N3O10P/c1-13(2)33-21(27)15(4)24-36(29,35-17-8-6-16(30-5)7-9-17)32-12-19-31-11-18(34-19)25-10-14(3)20(26)23-22(25)28/h6-10,13,15,18-19H,11-12H2,1-5H3,(H,24,29)(H,23,26,28)/t15?,18-,19-,36?/m1/s1. The zero-order valence-electron chi connectivity index (χ0n) is 20.6. The largest absolute Gasteiger partial charge is 0.497 e. The lowest BCUT2D eigenvalue weighted by Gasteiger charge is -2.24. The van der Waals surface area contributed by atoms with Crippen molar-refractivity contribution >= 4 is 13.7 Å². The van der Waals surface area contributed by atoms with Crippen molar-refractivity contribution in [1.82, 2.24) is 14.6 Å². The number of aromatic nitrogens is 2. The van der Waals surface area contributed by atoms with Crippen LogP contribution in [0, 0.1) is 6.92 Å². The molecule has 1 aromatic carbocycles. The molecule has 2 aromatic rings. The number of nitrogens with one attached hydrogen (secondary N) is 2. The summed E-state index contributed by atoms with van der Waals surface area (Å²) in [6.07, 6.45) is -0.862. The Balaban J connectivity index is 1.71. The number of nitrogens with zero attached hydrogens (tertiary/aromatic N) is 1. The molecule has 1 aliphatic rings. The SMILES string of the molecule is COc1ccc(OP(=O)(NC(C)C(=O)OC(C)C)OC[C@@H]2OC[C@H](n3cc(C)c(=O)[nH]c3=O)O2)cc1. The lowest BCUT2D eigenvalue weighted by molar-refractivity contribution is -0.149. The summed E-state index contributed by atoms with van der Waals surface area (Å²) in [5.41, 5.74) is -0.835. The Morgan fingerprint density at radius 3 is 2.53 bits per heavy atom. The van der Waals surface area contributed by atoms with Crippen molar-refractivity contribution < 1.29 is 37.4 Å². The number of methoxy groups -OCH3 is 1. The highest BCUT2D eigenvalue weighted by molar-refractivity contribution is 7.52. The summed E-state index contributed by atoms with van der Waals surface area (Å²) >= 11 is 0. The van der Waals surface area contributed by atoms with Crippen LogP contribution in [0.25, 0.3) is 0 Å². The predicted octanol–water partition coefficient (Wildman–Crippen LogP) is 1.86. The van der Waals surface area contributed by atoms with Gasteiger partial charge in [-0.2, -0.15) is 5.09 Å². The summed E-state index contributed by atoms with van der Waals surface area (Å²) in [6, 6.07) is 5.23. The molecule has 0 amide bonds. The fraction of sp³-hybridized carbons (Fsp3) is 0.500. The summed E-state index contributed by atoms with van der Waals surface area (Å²) in [6.45, 7) is 6.01. The van der Waals surface area contributed by atoms with E-state index in [0.29, 0.717) is 11.3 Å². The van der Waals surface area contributed by atoms with Crippen molar-refractivity contribution in [3.8, 4) is 11.5 Å². The van der Waals surface area contributed by atoms with Crippen LogP contribution in [0.3, 0.4) is 0 Å². The van der Waals surface area contributed by atoms with E-state index in [1.807, 2.05) is 0 Å².